The maximum atomic E-state index is 5.55. The van der Waals surface area contributed by atoms with Gasteiger partial charge in [0.05, 0.1) is 21.3 Å². The van der Waals surface area contributed by atoms with Gasteiger partial charge in [-0.15, -0.1) is 24.8 Å². The third-order valence-corrected chi connectivity index (χ3v) is 4.68. The van der Waals surface area contributed by atoms with Crippen molar-refractivity contribution in [2.24, 2.45) is 5.92 Å². The van der Waals surface area contributed by atoms with E-state index < -0.39 is 0 Å². The third-order valence-electron chi connectivity index (χ3n) is 4.68. The molecule has 1 fully saturated rings. The fraction of sp³-hybridized carbons (Fsp3) is 0.684. The highest BCUT2D eigenvalue weighted by molar-refractivity contribution is 5.85. The monoisotopic (exact) mass is 408 g/mol. The van der Waals surface area contributed by atoms with Gasteiger partial charge in [-0.25, -0.2) is 0 Å². The quantitative estimate of drug-likeness (QED) is 0.705. The van der Waals surface area contributed by atoms with Gasteiger partial charge in [0.1, 0.15) is 0 Å². The second-order valence-electron chi connectivity index (χ2n) is 6.73. The number of nitrogens with zero attached hydrogens (tertiary/aromatic N) is 1. The molecule has 1 aromatic rings. The molecule has 0 saturated carbocycles. The molecule has 0 aromatic heterocycles. The minimum Gasteiger partial charge on any atom is -0.493 e. The molecule has 1 aromatic carbocycles. The van der Waals surface area contributed by atoms with Crippen LogP contribution in [0.3, 0.4) is 0 Å². The number of hydrogen-bond donors (Lipinski definition) is 1. The van der Waals surface area contributed by atoms with E-state index in [2.05, 4.69) is 36.2 Å². The topological polar surface area (TPSA) is 43.0 Å². The van der Waals surface area contributed by atoms with Crippen molar-refractivity contribution < 1.29 is 14.2 Å². The second kappa shape index (κ2) is 12.5. The highest BCUT2D eigenvalue weighted by Gasteiger charge is 2.25. The Morgan fingerprint density at radius 1 is 0.923 bits per heavy atom. The fourth-order valence-corrected chi connectivity index (χ4v) is 3.34. The van der Waals surface area contributed by atoms with Crippen molar-refractivity contribution in [3.05, 3.63) is 17.7 Å². The predicted octanol–water partition coefficient (Wildman–Crippen LogP) is 3.94. The lowest BCUT2D eigenvalue weighted by molar-refractivity contribution is 0.159. The van der Waals surface area contributed by atoms with E-state index >= 15 is 0 Å². The van der Waals surface area contributed by atoms with Gasteiger partial charge in [-0.05, 0) is 36.5 Å². The molecule has 7 heteroatoms. The molecule has 5 nitrogen and oxygen atoms in total. The average Bonchev–Trinajstić information content (AvgIpc) is 2.61. The van der Waals surface area contributed by atoms with Crippen molar-refractivity contribution in [3.63, 3.8) is 0 Å². The van der Waals surface area contributed by atoms with Gasteiger partial charge in [0, 0.05) is 32.2 Å². The van der Waals surface area contributed by atoms with Gasteiger partial charge in [-0.1, -0.05) is 13.8 Å². The van der Waals surface area contributed by atoms with Crippen LogP contribution in [0.15, 0.2) is 12.1 Å². The molecule has 1 saturated heterocycles. The van der Waals surface area contributed by atoms with E-state index in [1.807, 2.05) is 0 Å². The van der Waals surface area contributed by atoms with Crippen LogP contribution in [0.2, 0.25) is 0 Å². The molecule has 0 aliphatic carbocycles. The first-order chi connectivity index (χ1) is 11.6. The molecule has 26 heavy (non-hydrogen) atoms. The Labute approximate surface area is 170 Å². The van der Waals surface area contributed by atoms with Crippen molar-refractivity contribution in [1.82, 2.24) is 10.2 Å². The zero-order valence-electron chi connectivity index (χ0n) is 16.5. The Balaban J connectivity index is 0.00000312. The number of halogens is 2. The van der Waals surface area contributed by atoms with Crippen molar-refractivity contribution in [2.75, 3.05) is 47.5 Å². The third kappa shape index (κ3) is 6.38. The number of ether oxygens (including phenoxy) is 3. The Kier molecular flexibility index (Phi) is 12.1. The molecular weight excluding hydrogens is 375 g/mol. The first-order valence-corrected chi connectivity index (χ1v) is 8.85. The van der Waals surface area contributed by atoms with E-state index in [-0.39, 0.29) is 24.8 Å². The van der Waals surface area contributed by atoms with Crippen LogP contribution in [0.25, 0.3) is 0 Å². The summed E-state index contributed by atoms with van der Waals surface area (Å²) in [7, 11) is 5.00. The highest BCUT2D eigenvalue weighted by Crippen LogP contribution is 2.41. The van der Waals surface area contributed by atoms with Crippen molar-refractivity contribution >= 4 is 24.8 Å². The van der Waals surface area contributed by atoms with Crippen LogP contribution in [0, 0.1) is 5.92 Å². The molecule has 0 unspecified atom stereocenters. The largest absolute Gasteiger partial charge is 0.493 e. The van der Waals surface area contributed by atoms with Crippen LogP contribution < -0.4 is 19.5 Å². The lowest BCUT2D eigenvalue weighted by Crippen LogP contribution is -2.45. The first kappa shape index (κ1) is 25.1. The fourth-order valence-electron chi connectivity index (χ4n) is 3.34. The summed E-state index contributed by atoms with van der Waals surface area (Å²) in [6.07, 6.45) is 2.33. The van der Waals surface area contributed by atoms with Crippen LogP contribution in [0.5, 0.6) is 17.2 Å². The van der Waals surface area contributed by atoms with Gasteiger partial charge in [0.25, 0.3) is 0 Å². The molecule has 0 spiro atoms. The Hall–Kier alpha value is -0.880. The van der Waals surface area contributed by atoms with Crippen molar-refractivity contribution in [2.45, 2.75) is 32.7 Å². The number of methoxy groups -OCH3 is 3. The number of benzene rings is 1. The van der Waals surface area contributed by atoms with Crippen LogP contribution in [-0.4, -0.2) is 52.4 Å². The molecule has 1 atom stereocenters. The molecule has 0 amide bonds. The van der Waals surface area contributed by atoms with Crippen LogP contribution in [-0.2, 0) is 0 Å². The number of nitrogens with one attached hydrogen (secondary N) is 1. The lowest BCUT2D eigenvalue weighted by Gasteiger charge is -2.36. The van der Waals surface area contributed by atoms with E-state index in [4.69, 9.17) is 14.2 Å². The van der Waals surface area contributed by atoms with E-state index in [1.165, 1.54) is 12.0 Å². The maximum absolute atomic E-state index is 5.55. The van der Waals surface area contributed by atoms with Crippen LogP contribution in [0.1, 0.15) is 38.3 Å². The summed E-state index contributed by atoms with van der Waals surface area (Å²) >= 11 is 0. The normalized spacial score (nSPS) is 15.6. The Morgan fingerprint density at radius 3 is 1.88 bits per heavy atom. The van der Waals surface area contributed by atoms with Crippen molar-refractivity contribution in [1.29, 1.82) is 0 Å². The van der Waals surface area contributed by atoms with Gasteiger partial charge < -0.3 is 19.5 Å². The minimum atomic E-state index is 0. The summed E-state index contributed by atoms with van der Waals surface area (Å²) in [5.41, 5.74) is 1.24. The van der Waals surface area contributed by atoms with Crippen LogP contribution in [0.4, 0.5) is 0 Å². The van der Waals surface area contributed by atoms with E-state index in [9.17, 15) is 0 Å². The zero-order chi connectivity index (χ0) is 17.5. The maximum Gasteiger partial charge on any atom is 0.203 e. The molecule has 0 radical (unpaired) electrons. The first-order valence-electron chi connectivity index (χ1n) is 8.85. The summed E-state index contributed by atoms with van der Waals surface area (Å²) in [4.78, 5) is 2.57. The SMILES string of the molecule is COc1cc([C@H](CCC(C)C)N2CCNCC2)cc(OC)c1OC.Cl.Cl. The number of hydrogen-bond acceptors (Lipinski definition) is 5. The molecule has 0 bridgehead atoms. The van der Waals surface area contributed by atoms with Gasteiger partial charge >= 0.3 is 0 Å². The molecular formula is C19H34Cl2N2O3. The molecule has 1 N–H and O–H groups in total. The van der Waals surface area contributed by atoms with Crippen LogP contribution >= 0.6 is 24.8 Å². The molecule has 152 valence electrons. The summed E-state index contributed by atoms with van der Waals surface area (Å²) in [5.74, 6) is 2.82. The van der Waals surface area contributed by atoms with E-state index in [0.29, 0.717) is 17.7 Å². The summed E-state index contributed by atoms with van der Waals surface area (Å²) in [6.45, 7) is 8.79. The Morgan fingerprint density at radius 2 is 1.46 bits per heavy atom. The van der Waals surface area contributed by atoms with Crippen molar-refractivity contribution in [3.8, 4) is 17.2 Å². The Bertz CT molecular complexity index is 499. The second-order valence-corrected chi connectivity index (χ2v) is 6.73. The molecule has 1 aliphatic heterocycles. The number of rotatable bonds is 8. The van der Waals surface area contributed by atoms with Gasteiger partial charge in [-0.2, -0.15) is 0 Å². The average molecular weight is 409 g/mol. The molecule has 2 rings (SSSR count). The predicted molar refractivity (Wildman–Crippen MR) is 112 cm³/mol. The summed E-state index contributed by atoms with van der Waals surface area (Å²) in [6, 6.07) is 4.59. The van der Waals surface area contributed by atoms with Gasteiger partial charge in [-0.3, -0.25) is 4.90 Å². The van der Waals surface area contributed by atoms with Gasteiger partial charge in [0.2, 0.25) is 5.75 Å². The summed E-state index contributed by atoms with van der Waals surface area (Å²) in [5, 5.41) is 3.44. The zero-order valence-corrected chi connectivity index (χ0v) is 18.2. The lowest BCUT2D eigenvalue weighted by atomic mass is 9.95. The standard InChI is InChI=1S/C19H32N2O3.2ClH/c1-14(2)6-7-16(21-10-8-20-9-11-21)15-12-17(22-3)19(24-5)18(13-15)23-4;;/h12-14,16,20H,6-11H2,1-5H3;2*1H/t16-;;/m0../s1. The minimum absolute atomic E-state index is 0. The molecule has 1 aliphatic rings. The highest BCUT2D eigenvalue weighted by atomic mass is 35.5. The molecule has 1 heterocycles. The van der Waals surface area contributed by atoms with E-state index in [0.717, 1.165) is 44.1 Å². The van der Waals surface area contributed by atoms with Gasteiger partial charge in [0.15, 0.2) is 11.5 Å². The summed E-state index contributed by atoms with van der Waals surface area (Å²) < 4.78 is 16.6. The smallest absolute Gasteiger partial charge is 0.203 e. The van der Waals surface area contributed by atoms with E-state index in [1.54, 1.807) is 21.3 Å². The number of piperazine rings is 1.